The molecule has 0 N–H and O–H groups in total. The lowest BCUT2D eigenvalue weighted by Crippen LogP contribution is -2.68. The SMILES string of the molecule is CO[C@@H]1O[C@H](CO[C@@H]2O[C@H](COC(C)=O)[C@@H](OC(C)=O)[C@H](OC(C)=O)[C@H]2N2C(=O)c3ccccc3C2=O)[C@H](OC(C)=O)[C@H](OC(C)=O)[C@H]1OC(C)=O. The summed E-state index contributed by atoms with van der Waals surface area (Å²) in [6.07, 6.45) is -13.6. The molecule has 0 bridgehead atoms. The number of benzene rings is 1. The molecule has 3 aliphatic heterocycles. The van der Waals surface area contributed by atoms with Crippen LogP contribution >= 0.6 is 0 Å². The monoisotopic (exact) mass is 737 g/mol. The van der Waals surface area contributed by atoms with Crippen LogP contribution < -0.4 is 0 Å². The third-order valence-electron chi connectivity index (χ3n) is 7.95. The van der Waals surface area contributed by atoms with E-state index in [9.17, 15) is 38.4 Å². The maximum Gasteiger partial charge on any atom is 0.303 e. The zero-order valence-electron chi connectivity index (χ0n) is 29.3. The van der Waals surface area contributed by atoms with Gasteiger partial charge in [0.05, 0.1) is 17.7 Å². The van der Waals surface area contributed by atoms with Gasteiger partial charge in [-0.3, -0.25) is 43.3 Å². The Morgan fingerprint density at radius 2 is 1.00 bits per heavy atom. The molecule has 2 fully saturated rings. The Hall–Kier alpha value is -4.98. The van der Waals surface area contributed by atoms with Gasteiger partial charge in [-0.25, -0.2) is 0 Å². The van der Waals surface area contributed by atoms with Crippen LogP contribution in [0, 0.1) is 0 Å². The molecule has 0 aliphatic carbocycles. The lowest BCUT2D eigenvalue weighted by atomic mass is 9.94. The lowest BCUT2D eigenvalue weighted by molar-refractivity contribution is -0.323. The van der Waals surface area contributed by atoms with Crippen molar-refractivity contribution < 1.29 is 85.7 Å². The van der Waals surface area contributed by atoms with E-state index in [1.54, 1.807) is 0 Å². The number of ether oxygens (including phenoxy) is 10. The van der Waals surface area contributed by atoms with E-state index >= 15 is 0 Å². The number of amides is 2. The van der Waals surface area contributed by atoms with Crippen LogP contribution in [0.15, 0.2) is 24.3 Å². The minimum Gasteiger partial charge on any atom is -0.463 e. The summed E-state index contributed by atoms with van der Waals surface area (Å²) in [5.41, 5.74) is 0.0150. The van der Waals surface area contributed by atoms with Gasteiger partial charge in [-0.1, -0.05) is 12.1 Å². The van der Waals surface area contributed by atoms with E-state index in [2.05, 4.69) is 0 Å². The van der Waals surface area contributed by atoms with Crippen LogP contribution in [-0.2, 0) is 76.1 Å². The topological polar surface area (TPSA) is 232 Å². The fraction of sp³-hybridized carbons (Fsp3) is 0.576. The highest BCUT2D eigenvalue weighted by molar-refractivity contribution is 6.21. The highest BCUT2D eigenvalue weighted by atomic mass is 16.7. The Balaban J connectivity index is 1.80. The zero-order valence-corrected chi connectivity index (χ0v) is 29.3. The van der Waals surface area contributed by atoms with Gasteiger partial charge in [-0.15, -0.1) is 0 Å². The van der Waals surface area contributed by atoms with Crippen molar-refractivity contribution in [2.75, 3.05) is 20.3 Å². The minimum absolute atomic E-state index is 0.00751. The number of carbonyl (C=O) groups is 8. The number of methoxy groups -OCH3 is 1. The number of fused-ring (bicyclic) bond motifs is 1. The van der Waals surface area contributed by atoms with Crippen molar-refractivity contribution in [1.82, 2.24) is 4.90 Å². The van der Waals surface area contributed by atoms with Crippen molar-refractivity contribution in [1.29, 1.82) is 0 Å². The van der Waals surface area contributed by atoms with E-state index < -0.39 is 122 Å². The lowest BCUT2D eigenvalue weighted by Gasteiger charge is -2.48. The predicted octanol–water partition coefficient (Wildman–Crippen LogP) is -0.0144. The number of imide groups is 1. The molecule has 0 radical (unpaired) electrons. The molecule has 3 aliphatic rings. The summed E-state index contributed by atoms with van der Waals surface area (Å²) in [5, 5.41) is 0. The minimum atomic E-state index is -1.75. The van der Waals surface area contributed by atoms with Gasteiger partial charge < -0.3 is 47.4 Å². The molecule has 19 nitrogen and oxygen atoms in total. The average molecular weight is 738 g/mol. The molecule has 4 rings (SSSR count). The second-order valence-electron chi connectivity index (χ2n) is 11.8. The molecule has 0 saturated carbocycles. The fourth-order valence-corrected chi connectivity index (χ4v) is 6.14. The van der Waals surface area contributed by atoms with E-state index in [0.29, 0.717) is 0 Å². The van der Waals surface area contributed by atoms with E-state index in [-0.39, 0.29) is 11.1 Å². The highest BCUT2D eigenvalue weighted by Gasteiger charge is 2.58. The van der Waals surface area contributed by atoms with Crippen molar-refractivity contribution >= 4 is 47.6 Å². The normalized spacial score (nSPS) is 29.7. The summed E-state index contributed by atoms with van der Waals surface area (Å²) in [4.78, 5) is 102. The largest absolute Gasteiger partial charge is 0.463 e. The second kappa shape index (κ2) is 17.0. The first-order chi connectivity index (χ1) is 24.5. The van der Waals surface area contributed by atoms with Gasteiger partial charge in [-0.2, -0.15) is 0 Å². The number of rotatable bonds is 12. The van der Waals surface area contributed by atoms with Crippen molar-refractivity contribution in [2.24, 2.45) is 0 Å². The molecule has 2 amide bonds. The molecule has 0 aromatic heterocycles. The van der Waals surface area contributed by atoms with Crippen molar-refractivity contribution in [3.63, 3.8) is 0 Å². The zero-order chi connectivity index (χ0) is 38.4. The van der Waals surface area contributed by atoms with Gasteiger partial charge in [-0.05, 0) is 12.1 Å². The smallest absolute Gasteiger partial charge is 0.303 e. The molecule has 1 aromatic carbocycles. The Morgan fingerprint density at radius 3 is 1.48 bits per heavy atom. The third-order valence-corrected chi connectivity index (χ3v) is 7.95. The summed E-state index contributed by atoms with van der Waals surface area (Å²) < 4.78 is 56.1. The Labute approximate surface area is 296 Å². The van der Waals surface area contributed by atoms with Gasteiger partial charge in [0, 0.05) is 48.7 Å². The van der Waals surface area contributed by atoms with Gasteiger partial charge >= 0.3 is 35.8 Å². The molecule has 52 heavy (non-hydrogen) atoms. The van der Waals surface area contributed by atoms with Crippen LogP contribution in [-0.4, -0.2) is 134 Å². The van der Waals surface area contributed by atoms with Gasteiger partial charge in [0.25, 0.3) is 11.8 Å². The van der Waals surface area contributed by atoms with Crippen LogP contribution in [0.4, 0.5) is 0 Å². The molecule has 0 unspecified atom stereocenters. The van der Waals surface area contributed by atoms with Crippen molar-refractivity contribution in [3.05, 3.63) is 35.4 Å². The summed E-state index contributed by atoms with van der Waals surface area (Å²) in [5.74, 6) is -6.69. The molecule has 10 atom stereocenters. The maximum absolute atomic E-state index is 13.8. The maximum atomic E-state index is 13.8. The van der Waals surface area contributed by atoms with Crippen LogP contribution in [0.2, 0.25) is 0 Å². The summed E-state index contributed by atoms with van der Waals surface area (Å²) >= 11 is 0. The Kier molecular flexibility index (Phi) is 13.0. The molecule has 284 valence electrons. The van der Waals surface area contributed by atoms with Crippen LogP contribution in [0.1, 0.15) is 62.3 Å². The summed E-state index contributed by atoms with van der Waals surface area (Å²) in [6, 6.07) is 4.21. The highest BCUT2D eigenvalue weighted by Crippen LogP contribution is 2.37. The first-order valence-electron chi connectivity index (χ1n) is 16.0. The molecule has 0 spiro atoms. The summed E-state index contributed by atoms with van der Waals surface area (Å²) in [7, 11) is 1.21. The quantitative estimate of drug-likeness (QED) is 0.156. The average Bonchev–Trinajstić information content (AvgIpc) is 3.30. The molecule has 19 heteroatoms. The number of hydrogen-bond acceptors (Lipinski definition) is 18. The van der Waals surface area contributed by atoms with Crippen LogP contribution in [0.3, 0.4) is 0 Å². The van der Waals surface area contributed by atoms with E-state index in [1.807, 2.05) is 0 Å². The van der Waals surface area contributed by atoms with Gasteiger partial charge in [0.15, 0.2) is 43.1 Å². The number of hydrogen-bond donors (Lipinski definition) is 0. The van der Waals surface area contributed by atoms with E-state index in [0.717, 1.165) is 46.4 Å². The number of esters is 6. The number of nitrogens with zero attached hydrogens (tertiary/aromatic N) is 1. The molecule has 1 aromatic rings. The first kappa shape index (κ1) is 39.8. The molecular weight excluding hydrogens is 698 g/mol. The summed E-state index contributed by atoms with van der Waals surface area (Å²) in [6.45, 7) is 5.20. The van der Waals surface area contributed by atoms with Crippen LogP contribution in [0.5, 0.6) is 0 Å². The van der Waals surface area contributed by atoms with Gasteiger partial charge in [0.2, 0.25) is 0 Å². The van der Waals surface area contributed by atoms with Gasteiger partial charge in [0.1, 0.15) is 24.9 Å². The number of carbonyl (C=O) groups excluding carboxylic acids is 8. The fourth-order valence-electron chi connectivity index (χ4n) is 6.14. The van der Waals surface area contributed by atoms with Crippen LogP contribution in [0.25, 0.3) is 0 Å². The molecule has 2 saturated heterocycles. The Morgan fingerprint density at radius 1 is 0.577 bits per heavy atom. The standard InChI is InChI=1S/C33H39NO18/c1-14(35)44-12-22-25(46-15(2)36)27(48-17(4)38)24(34-30(41)20-10-8-9-11-21(20)31(34)42)32(51-22)45-13-23-26(47-16(3)37)28(49-18(5)39)29(50-19(6)40)33(43-7)52-23/h8-11,22-29,32-33H,12-13H2,1-7H3/t22-,23-,24-,25-,26+,27-,28+,29-,32-,33-/m1/s1. The van der Waals surface area contributed by atoms with Crippen molar-refractivity contribution in [2.45, 2.75) is 103 Å². The first-order valence-corrected chi connectivity index (χ1v) is 16.0. The van der Waals surface area contributed by atoms with E-state index in [4.69, 9.17) is 47.4 Å². The molecule has 3 heterocycles. The van der Waals surface area contributed by atoms with Crippen molar-refractivity contribution in [3.8, 4) is 0 Å². The third kappa shape index (κ3) is 9.08. The van der Waals surface area contributed by atoms with E-state index in [1.165, 1.54) is 31.4 Å². The Bertz CT molecular complexity index is 1540. The molecular formula is C33H39NO18. The second-order valence-corrected chi connectivity index (χ2v) is 11.8. The predicted molar refractivity (Wildman–Crippen MR) is 165 cm³/mol.